The number of carboxylic acid groups (broad SMARTS) is 1. The van der Waals surface area contributed by atoms with Crippen molar-refractivity contribution in [3.05, 3.63) is 29.8 Å². The summed E-state index contributed by atoms with van der Waals surface area (Å²) >= 11 is 0. The lowest BCUT2D eigenvalue weighted by atomic mass is 9.96. The van der Waals surface area contributed by atoms with Gasteiger partial charge in [-0.25, -0.2) is 0 Å². The minimum Gasteiger partial charge on any atom is -0.481 e. The summed E-state index contributed by atoms with van der Waals surface area (Å²) in [6.45, 7) is -0.426. The predicted molar refractivity (Wildman–Crippen MR) is 79.6 cm³/mol. The van der Waals surface area contributed by atoms with Crippen molar-refractivity contribution < 1.29 is 27.9 Å². The van der Waals surface area contributed by atoms with E-state index in [1.165, 1.54) is 4.90 Å². The van der Waals surface area contributed by atoms with Crippen molar-refractivity contribution in [1.29, 1.82) is 0 Å². The first-order chi connectivity index (χ1) is 11.3. The van der Waals surface area contributed by atoms with Gasteiger partial charge in [-0.2, -0.15) is 13.2 Å². The van der Waals surface area contributed by atoms with Crippen LogP contribution in [0.1, 0.15) is 5.56 Å². The van der Waals surface area contributed by atoms with E-state index in [0.29, 0.717) is 13.0 Å². The van der Waals surface area contributed by atoms with Crippen molar-refractivity contribution in [3.8, 4) is 0 Å². The fraction of sp³-hybridized carbons (Fsp3) is 0.500. The molecule has 0 aliphatic carbocycles. The number of likely N-dealkylation sites (tertiary alicyclic amines) is 1. The normalized spacial score (nSPS) is 24.2. The van der Waals surface area contributed by atoms with Gasteiger partial charge in [0.2, 0.25) is 5.91 Å². The molecule has 0 unspecified atom stereocenters. The predicted octanol–water partition coefficient (Wildman–Crippen LogP) is 1.77. The van der Waals surface area contributed by atoms with E-state index in [4.69, 9.17) is 5.11 Å². The van der Waals surface area contributed by atoms with Crippen LogP contribution in [0.15, 0.2) is 24.3 Å². The Bertz CT molecular complexity index is 662. The van der Waals surface area contributed by atoms with Crippen LogP contribution in [0.5, 0.6) is 0 Å². The van der Waals surface area contributed by atoms with Crippen molar-refractivity contribution in [2.75, 3.05) is 31.1 Å². The molecule has 1 saturated heterocycles. The Hall–Kier alpha value is -2.09. The standard InChI is InChI=1S/C16H17F3N2O3/c17-16(18,19)12-8-20(7-11(12)15(23)24)9-14(22)21-6-5-10-3-1-2-4-13(10)21/h1-4,11-12H,5-9H2,(H,23,24)/t11-,12-/m1/s1. The molecule has 3 rings (SSSR count). The van der Waals surface area contributed by atoms with Gasteiger partial charge in [0.05, 0.1) is 18.4 Å². The van der Waals surface area contributed by atoms with E-state index in [1.807, 2.05) is 18.2 Å². The van der Waals surface area contributed by atoms with Crippen molar-refractivity contribution >= 4 is 17.6 Å². The first kappa shape index (κ1) is 16.8. The number of alkyl halides is 3. The van der Waals surface area contributed by atoms with Gasteiger partial charge in [-0.3, -0.25) is 14.5 Å². The highest BCUT2D eigenvalue weighted by molar-refractivity contribution is 5.96. The van der Waals surface area contributed by atoms with Gasteiger partial charge in [0.1, 0.15) is 0 Å². The number of carboxylic acids is 1. The summed E-state index contributed by atoms with van der Waals surface area (Å²) < 4.78 is 39.0. The van der Waals surface area contributed by atoms with E-state index in [0.717, 1.165) is 11.3 Å². The molecule has 1 amide bonds. The van der Waals surface area contributed by atoms with Gasteiger partial charge in [-0.05, 0) is 18.1 Å². The van der Waals surface area contributed by atoms with Crippen LogP contribution in [-0.2, 0) is 16.0 Å². The van der Waals surface area contributed by atoms with Crippen molar-refractivity contribution in [2.24, 2.45) is 11.8 Å². The second-order valence-corrected chi connectivity index (χ2v) is 6.21. The lowest BCUT2D eigenvalue weighted by Crippen LogP contribution is -2.39. The highest BCUT2D eigenvalue weighted by atomic mass is 19.4. The van der Waals surface area contributed by atoms with Crippen LogP contribution in [0.4, 0.5) is 18.9 Å². The molecule has 2 heterocycles. The number of carbonyl (C=O) groups excluding carboxylic acids is 1. The molecular formula is C16H17F3N2O3. The van der Waals surface area contributed by atoms with E-state index < -0.39 is 30.5 Å². The Kier molecular flexibility index (Phi) is 4.25. The number of amides is 1. The number of anilines is 1. The van der Waals surface area contributed by atoms with E-state index >= 15 is 0 Å². The highest BCUT2D eigenvalue weighted by Gasteiger charge is 2.52. The summed E-state index contributed by atoms with van der Waals surface area (Å²) in [6.07, 6.45) is -3.87. The number of carbonyl (C=O) groups is 2. The van der Waals surface area contributed by atoms with Crippen LogP contribution in [-0.4, -0.2) is 54.2 Å². The summed E-state index contributed by atoms with van der Waals surface area (Å²) in [7, 11) is 0. The minimum atomic E-state index is -4.58. The zero-order chi connectivity index (χ0) is 17.5. The Morgan fingerprint density at radius 1 is 1.21 bits per heavy atom. The lowest BCUT2D eigenvalue weighted by molar-refractivity contribution is -0.188. The van der Waals surface area contributed by atoms with Crippen LogP contribution in [0.2, 0.25) is 0 Å². The quantitative estimate of drug-likeness (QED) is 0.910. The summed E-state index contributed by atoms with van der Waals surface area (Å²) in [4.78, 5) is 26.4. The molecule has 2 aliphatic heterocycles. The Morgan fingerprint density at radius 2 is 1.92 bits per heavy atom. The van der Waals surface area contributed by atoms with Gasteiger partial charge >= 0.3 is 12.1 Å². The third kappa shape index (κ3) is 3.10. The minimum absolute atomic E-state index is 0.204. The molecule has 2 aliphatic rings. The molecule has 0 bridgehead atoms. The van der Waals surface area contributed by atoms with Gasteiger partial charge < -0.3 is 10.0 Å². The van der Waals surface area contributed by atoms with Crippen LogP contribution >= 0.6 is 0 Å². The van der Waals surface area contributed by atoms with Gasteiger partial charge in [0.15, 0.2) is 0 Å². The topological polar surface area (TPSA) is 60.9 Å². The first-order valence-corrected chi connectivity index (χ1v) is 7.67. The number of hydrogen-bond donors (Lipinski definition) is 1. The zero-order valence-electron chi connectivity index (χ0n) is 12.8. The van der Waals surface area contributed by atoms with Crippen LogP contribution in [0.3, 0.4) is 0 Å². The van der Waals surface area contributed by atoms with Crippen LogP contribution in [0.25, 0.3) is 0 Å². The molecule has 1 fully saturated rings. The first-order valence-electron chi connectivity index (χ1n) is 7.67. The molecule has 1 N–H and O–H groups in total. The second kappa shape index (κ2) is 6.08. The number of aliphatic carboxylic acids is 1. The molecular weight excluding hydrogens is 325 g/mol. The zero-order valence-corrected chi connectivity index (χ0v) is 12.8. The van der Waals surface area contributed by atoms with Crippen molar-refractivity contribution in [2.45, 2.75) is 12.6 Å². The largest absolute Gasteiger partial charge is 0.481 e. The maximum Gasteiger partial charge on any atom is 0.393 e. The molecule has 0 radical (unpaired) electrons. The number of benzene rings is 1. The molecule has 130 valence electrons. The van der Waals surface area contributed by atoms with E-state index in [1.54, 1.807) is 11.0 Å². The summed E-state index contributed by atoms with van der Waals surface area (Å²) in [5, 5.41) is 9.02. The average Bonchev–Trinajstić information content (AvgIpc) is 3.10. The number of para-hydroxylation sites is 1. The molecule has 2 atom stereocenters. The third-order valence-corrected chi connectivity index (χ3v) is 4.68. The van der Waals surface area contributed by atoms with E-state index in [9.17, 15) is 22.8 Å². The molecule has 24 heavy (non-hydrogen) atoms. The average molecular weight is 342 g/mol. The maximum absolute atomic E-state index is 13.0. The molecule has 5 nitrogen and oxygen atoms in total. The smallest absolute Gasteiger partial charge is 0.393 e. The van der Waals surface area contributed by atoms with E-state index in [2.05, 4.69) is 0 Å². The number of nitrogens with zero attached hydrogens (tertiary/aromatic N) is 2. The third-order valence-electron chi connectivity index (χ3n) is 4.68. The summed E-state index contributed by atoms with van der Waals surface area (Å²) in [5.41, 5.74) is 1.81. The molecule has 0 spiro atoms. The Balaban J connectivity index is 1.69. The fourth-order valence-corrected chi connectivity index (χ4v) is 3.47. The van der Waals surface area contributed by atoms with Gasteiger partial charge in [-0.1, -0.05) is 18.2 Å². The maximum atomic E-state index is 13.0. The molecule has 0 saturated carbocycles. The Morgan fingerprint density at radius 3 is 2.54 bits per heavy atom. The van der Waals surface area contributed by atoms with Gasteiger partial charge in [0.25, 0.3) is 0 Å². The van der Waals surface area contributed by atoms with Crippen LogP contribution < -0.4 is 4.90 Å². The SMILES string of the molecule is O=C(O)[C@@H]1CN(CC(=O)N2CCc3ccccc32)C[C@H]1C(F)(F)F. The van der Waals surface area contributed by atoms with Gasteiger partial charge in [-0.15, -0.1) is 0 Å². The lowest BCUT2D eigenvalue weighted by Gasteiger charge is -2.22. The Labute approximate surface area is 136 Å². The van der Waals surface area contributed by atoms with E-state index in [-0.39, 0.29) is 19.0 Å². The number of halogens is 3. The second-order valence-electron chi connectivity index (χ2n) is 6.21. The number of rotatable bonds is 3. The molecule has 1 aromatic carbocycles. The fourth-order valence-electron chi connectivity index (χ4n) is 3.47. The number of fused-ring (bicyclic) bond motifs is 1. The monoisotopic (exact) mass is 342 g/mol. The summed E-state index contributed by atoms with van der Waals surface area (Å²) in [6, 6.07) is 7.40. The van der Waals surface area contributed by atoms with Crippen molar-refractivity contribution in [3.63, 3.8) is 0 Å². The number of hydrogen-bond acceptors (Lipinski definition) is 3. The molecule has 8 heteroatoms. The molecule has 1 aromatic rings. The van der Waals surface area contributed by atoms with Crippen molar-refractivity contribution in [1.82, 2.24) is 4.90 Å². The van der Waals surface area contributed by atoms with Crippen LogP contribution in [0, 0.1) is 11.8 Å². The molecule has 0 aromatic heterocycles. The highest BCUT2D eigenvalue weighted by Crippen LogP contribution is 2.38. The summed E-state index contributed by atoms with van der Waals surface area (Å²) in [5.74, 6) is -5.23. The van der Waals surface area contributed by atoms with Gasteiger partial charge in [0, 0.05) is 25.3 Å².